The molecule has 0 saturated heterocycles. The summed E-state index contributed by atoms with van der Waals surface area (Å²) in [6, 6.07) is 0. The van der Waals surface area contributed by atoms with E-state index in [2.05, 4.69) is 16.3 Å². The van der Waals surface area contributed by atoms with E-state index < -0.39 is 0 Å². The molecule has 0 saturated carbocycles. The Balaban J connectivity index is 2.48. The van der Waals surface area contributed by atoms with Crippen LogP contribution in [0.2, 0.25) is 0 Å². The van der Waals surface area contributed by atoms with Crippen LogP contribution in [0.15, 0.2) is 24.0 Å². The predicted molar refractivity (Wildman–Crippen MR) is 38.1 cm³/mol. The molecule has 2 aromatic heterocycles. The molecule has 0 aliphatic carbocycles. The molecule has 3 nitrogen and oxygen atoms in total. The van der Waals surface area contributed by atoms with Crippen molar-refractivity contribution in [2.45, 2.75) is 0 Å². The zero-order valence-corrected chi connectivity index (χ0v) is 5.88. The van der Waals surface area contributed by atoms with Gasteiger partial charge in [0.1, 0.15) is 0 Å². The standard InChI is InChI=1S/C6H4N3S/c1-3-9(5-7-1)6-8-2-4-10-6/h1-4H. The number of thiazole rings is 1. The molecule has 0 aliphatic rings. The zero-order valence-electron chi connectivity index (χ0n) is 5.06. The van der Waals surface area contributed by atoms with Crippen molar-refractivity contribution in [1.29, 1.82) is 0 Å². The molecule has 0 atom stereocenters. The Kier molecular flexibility index (Phi) is 1.25. The van der Waals surface area contributed by atoms with E-state index in [1.807, 2.05) is 11.6 Å². The summed E-state index contributed by atoms with van der Waals surface area (Å²) in [4.78, 5) is 7.85. The first-order valence-electron chi connectivity index (χ1n) is 2.78. The van der Waals surface area contributed by atoms with Crippen LogP contribution >= 0.6 is 11.3 Å². The Bertz CT molecular complexity index is 252. The smallest absolute Gasteiger partial charge is 0.195 e. The molecule has 0 N–H and O–H groups in total. The van der Waals surface area contributed by atoms with E-state index in [1.54, 1.807) is 28.3 Å². The molecular weight excluding hydrogens is 146 g/mol. The summed E-state index contributed by atoms with van der Waals surface area (Å²) in [5.74, 6) is 0. The first-order chi connectivity index (χ1) is 4.97. The Morgan fingerprint density at radius 1 is 1.50 bits per heavy atom. The molecule has 1 radical (unpaired) electrons. The van der Waals surface area contributed by atoms with E-state index in [9.17, 15) is 0 Å². The summed E-state index contributed by atoms with van der Waals surface area (Å²) in [7, 11) is 0. The molecule has 2 heterocycles. The fourth-order valence-electron chi connectivity index (χ4n) is 0.670. The van der Waals surface area contributed by atoms with E-state index in [-0.39, 0.29) is 0 Å². The number of imidazole rings is 1. The molecule has 0 fully saturated rings. The largest absolute Gasteiger partial charge is 0.273 e. The van der Waals surface area contributed by atoms with E-state index in [1.165, 1.54) is 0 Å². The van der Waals surface area contributed by atoms with Crippen molar-refractivity contribution < 1.29 is 0 Å². The number of aromatic nitrogens is 3. The van der Waals surface area contributed by atoms with Crippen LogP contribution in [0, 0.1) is 6.33 Å². The summed E-state index contributed by atoms with van der Waals surface area (Å²) in [6.07, 6.45) is 8.01. The highest BCUT2D eigenvalue weighted by Gasteiger charge is 1.95. The average Bonchev–Trinajstić information content (AvgIpc) is 2.59. The van der Waals surface area contributed by atoms with Gasteiger partial charge >= 0.3 is 0 Å². The lowest BCUT2D eigenvalue weighted by molar-refractivity contribution is 1.02. The summed E-state index contributed by atoms with van der Waals surface area (Å²) in [5.41, 5.74) is 0. The van der Waals surface area contributed by atoms with Gasteiger partial charge in [-0.05, 0) is 0 Å². The highest BCUT2D eigenvalue weighted by Crippen LogP contribution is 2.08. The maximum Gasteiger partial charge on any atom is 0.195 e. The Morgan fingerprint density at radius 3 is 3.10 bits per heavy atom. The van der Waals surface area contributed by atoms with Gasteiger partial charge in [0, 0.05) is 24.0 Å². The molecule has 49 valence electrons. The van der Waals surface area contributed by atoms with E-state index >= 15 is 0 Å². The second-order valence-corrected chi connectivity index (χ2v) is 2.58. The van der Waals surface area contributed by atoms with Crippen molar-refractivity contribution in [1.82, 2.24) is 14.5 Å². The second-order valence-electron chi connectivity index (χ2n) is 1.71. The molecule has 2 rings (SSSR count). The Labute approximate surface area is 62.0 Å². The second kappa shape index (κ2) is 2.22. The molecule has 0 unspecified atom stereocenters. The van der Waals surface area contributed by atoms with Crippen molar-refractivity contribution in [2.24, 2.45) is 0 Å². The highest BCUT2D eigenvalue weighted by atomic mass is 32.1. The van der Waals surface area contributed by atoms with Crippen molar-refractivity contribution >= 4 is 11.3 Å². The van der Waals surface area contributed by atoms with Gasteiger partial charge in [-0.15, -0.1) is 11.3 Å². The molecule has 0 bridgehead atoms. The number of nitrogens with zero attached hydrogens (tertiary/aromatic N) is 3. The maximum absolute atomic E-state index is 4.07. The normalized spacial score (nSPS) is 10.0. The van der Waals surface area contributed by atoms with E-state index in [4.69, 9.17) is 0 Å². The monoisotopic (exact) mass is 150 g/mol. The lowest BCUT2D eigenvalue weighted by atomic mass is 10.9. The first kappa shape index (κ1) is 5.61. The molecule has 2 aromatic rings. The van der Waals surface area contributed by atoms with Gasteiger partial charge in [0.25, 0.3) is 0 Å². The van der Waals surface area contributed by atoms with Crippen molar-refractivity contribution in [3.05, 3.63) is 30.3 Å². The molecule has 0 aliphatic heterocycles. The number of hydrogen-bond acceptors (Lipinski definition) is 3. The van der Waals surface area contributed by atoms with Crippen molar-refractivity contribution in [2.75, 3.05) is 0 Å². The van der Waals surface area contributed by atoms with Gasteiger partial charge in [-0.2, -0.15) is 0 Å². The van der Waals surface area contributed by atoms with E-state index in [0.29, 0.717) is 0 Å². The number of hydrogen-bond donors (Lipinski definition) is 0. The topological polar surface area (TPSA) is 30.7 Å². The van der Waals surface area contributed by atoms with Crippen LogP contribution in [0.25, 0.3) is 5.13 Å². The van der Waals surface area contributed by atoms with Crippen LogP contribution in [0.4, 0.5) is 0 Å². The fraction of sp³-hybridized carbons (Fsp3) is 0. The van der Waals surface area contributed by atoms with Gasteiger partial charge in [0.05, 0.1) is 0 Å². The lowest BCUT2D eigenvalue weighted by Crippen LogP contribution is -1.86. The fourth-order valence-corrected chi connectivity index (χ4v) is 1.25. The SMILES string of the molecule is [c]1nccn1-c1nccs1. The molecule has 0 amide bonds. The lowest BCUT2D eigenvalue weighted by Gasteiger charge is -1.89. The van der Waals surface area contributed by atoms with Gasteiger partial charge in [0.2, 0.25) is 0 Å². The summed E-state index contributed by atoms with van der Waals surface area (Å²) in [6.45, 7) is 0. The minimum atomic E-state index is 0.900. The van der Waals surface area contributed by atoms with Crippen molar-refractivity contribution in [3.63, 3.8) is 0 Å². The third-order valence-electron chi connectivity index (χ3n) is 1.08. The van der Waals surface area contributed by atoms with Crippen LogP contribution in [-0.4, -0.2) is 14.5 Å². The molecule has 10 heavy (non-hydrogen) atoms. The summed E-state index contributed by atoms with van der Waals surface area (Å²) in [5, 5.41) is 2.82. The minimum absolute atomic E-state index is 0.900. The summed E-state index contributed by atoms with van der Waals surface area (Å²) >= 11 is 1.56. The highest BCUT2D eigenvalue weighted by molar-refractivity contribution is 7.12. The van der Waals surface area contributed by atoms with Crippen LogP contribution in [0.3, 0.4) is 0 Å². The van der Waals surface area contributed by atoms with Crippen LogP contribution in [0.1, 0.15) is 0 Å². The first-order valence-corrected chi connectivity index (χ1v) is 3.66. The minimum Gasteiger partial charge on any atom is -0.273 e. The molecule has 0 aromatic carbocycles. The molecule has 0 spiro atoms. The van der Waals surface area contributed by atoms with Crippen LogP contribution in [0.5, 0.6) is 0 Å². The average molecular weight is 150 g/mol. The maximum atomic E-state index is 4.07. The Morgan fingerprint density at radius 2 is 2.50 bits per heavy atom. The van der Waals surface area contributed by atoms with Gasteiger partial charge in [-0.3, -0.25) is 4.57 Å². The van der Waals surface area contributed by atoms with Gasteiger partial charge < -0.3 is 0 Å². The van der Waals surface area contributed by atoms with Crippen molar-refractivity contribution in [3.8, 4) is 5.13 Å². The summed E-state index contributed by atoms with van der Waals surface area (Å²) < 4.78 is 1.75. The van der Waals surface area contributed by atoms with Gasteiger partial charge in [-0.25, -0.2) is 9.97 Å². The molecular formula is C6H4N3S. The Hall–Kier alpha value is -1.16. The quantitative estimate of drug-likeness (QED) is 0.610. The third kappa shape index (κ3) is 0.823. The van der Waals surface area contributed by atoms with Gasteiger partial charge in [-0.1, -0.05) is 0 Å². The van der Waals surface area contributed by atoms with Gasteiger partial charge in [0.15, 0.2) is 11.5 Å². The molecule has 4 heteroatoms. The van der Waals surface area contributed by atoms with Crippen LogP contribution < -0.4 is 0 Å². The zero-order chi connectivity index (χ0) is 6.81. The van der Waals surface area contributed by atoms with Crippen LogP contribution in [-0.2, 0) is 0 Å². The van der Waals surface area contributed by atoms with E-state index in [0.717, 1.165) is 5.13 Å². The third-order valence-corrected chi connectivity index (χ3v) is 1.85. The predicted octanol–water partition coefficient (Wildman–Crippen LogP) is 1.13. The number of rotatable bonds is 1.